The molecule has 0 unspecified atom stereocenters. The van der Waals surface area contributed by atoms with Crippen LogP contribution in [0.3, 0.4) is 0 Å². The molecule has 1 aliphatic carbocycles. The first kappa shape index (κ1) is 14.2. The molecule has 19 heavy (non-hydrogen) atoms. The second-order valence-electron chi connectivity index (χ2n) is 4.68. The summed E-state index contributed by atoms with van der Waals surface area (Å²) in [5.74, 6) is -0.150. The minimum absolute atomic E-state index is 0.000912. The fourth-order valence-electron chi connectivity index (χ4n) is 2.23. The Morgan fingerprint density at radius 3 is 2.47 bits per heavy atom. The standard InChI is InChI=1S/C13H15IN2O3/c14-11-3-1-2-4-12(11)15-13(17)9-5-7-10(8-6-9)16(18)19/h5-8,11-12H,1-4H2,(H,15,17)/t11-,12-/m1/s1. The van der Waals surface area contributed by atoms with Gasteiger partial charge in [0.15, 0.2) is 0 Å². The lowest BCUT2D eigenvalue weighted by Crippen LogP contribution is -2.42. The molecule has 2 rings (SSSR count). The van der Waals surface area contributed by atoms with Gasteiger partial charge in [0.25, 0.3) is 11.6 Å². The molecule has 0 spiro atoms. The highest BCUT2D eigenvalue weighted by Gasteiger charge is 2.24. The van der Waals surface area contributed by atoms with Crippen molar-refractivity contribution in [1.82, 2.24) is 5.32 Å². The number of hydrogen-bond acceptors (Lipinski definition) is 3. The van der Waals surface area contributed by atoms with E-state index >= 15 is 0 Å². The van der Waals surface area contributed by atoms with Gasteiger partial charge in [-0.1, -0.05) is 35.4 Å². The molecule has 1 N–H and O–H groups in total. The molecule has 6 heteroatoms. The van der Waals surface area contributed by atoms with Crippen molar-refractivity contribution < 1.29 is 9.72 Å². The van der Waals surface area contributed by atoms with Crippen LogP contribution in [0, 0.1) is 10.1 Å². The Morgan fingerprint density at radius 1 is 1.26 bits per heavy atom. The zero-order valence-corrected chi connectivity index (χ0v) is 12.5. The number of nitro groups is 1. The highest BCUT2D eigenvalue weighted by atomic mass is 127. The summed E-state index contributed by atoms with van der Waals surface area (Å²) in [5, 5.41) is 13.6. The van der Waals surface area contributed by atoms with Gasteiger partial charge < -0.3 is 5.32 Å². The van der Waals surface area contributed by atoms with E-state index in [9.17, 15) is 14.9 Å². The lowest BCUT2D eigenvalue weighted by molar-refractivity contribution is -0.384. The van der Waals surface area contributed by atoms with Gasteiger partial charge in [-0.3, -0.25) is 14.9 Å². The lowest BCUT2D eigenvalue weighted by atomic mass is 9.95. The van der Waals surface area contributed by atoms with Gasteiger partial charge in [-0.2, -0.15) is 0 Å². The molecule has 1 amide bonds. The Hall–Kier alpha value is -1.18. The normalized spacial score (nSPS) is 22.8. The zero-order valence-electron chi connectivity index (χ0n) is 10.3. The molecule has 0 aliphatic heterocycles. The Morgan fingerprint density at radius 2 is 1.89 bits per heavy atom. The minimum atomic E-state index is -0.469. The van der Waals surface area contributed by atoms with Gasteiger partial charge in [0, 0.05) is 27.7 Å². The van der Waals surface area contributed by atoms with Crippen molar-refractivity contribution in [2.24, 2.45) is 0 Å². The molecular weight excluding hydrogens is 359 g/mol. The molecule has 1 saturated carbocycles. The van der Waals surface area contributed by atoms with Crippen LogP contribution in [0.25, 0.3) is 0 Å². The summed E-state index contributed by atoms with van der Waals surface area (Å²) in [6.07, 6.45) is 4.50. The van der Waals surface area contributed by atoms with Gasteiger partial charge in [-0.05, 0) is 25.0 Å². The topological polar surface area (TPSA) is 72.2 Å². The van der Waals surface area contributed by atoms with E-state index < -0.39 is 4.92 Å². The van der Waals surface area contributed by atoms with E-state index in [0.29, 0.717) is 9.49 Å². The zero-order chi connectivity index (χ0) is 13.8. The van der Waals surface area contributed by atoms with Crippen molar-refractivity contribution in [2.75, 3.05) is 0 Å². The van der Waals surface area contributed by atoms with Gasteiger partial charge >= 0.3 is 0 Å². The number of nitro benzene ring substituents is 1. The number of hydrogen-bond donors (Lipinski definition) is 1. The van der Waals surface area contributed by atoms with Crippen LogP contribution in [0.1, 0.15) is 36.0 Å². The van der Waals surface area contributed by atoms with Crippen molar-refractivity contribution in [2.45, 2.75) is 35.6 Å². The monoisotopic (exact) mass is 374 g/mol. The Balaban J connectivity index is 2.01. The first-order chi connectivity index (χ1) is 9.08. The van der Waals surface area contributed by atoms with Crippen molar-refractivity contribution in [1.29, 1.82) is 0 Å². The molecule has 1 aliphatic rings. The summed E-state index contributed by atoms with van der Waals surface area (Å²) in [6.45, 7) is 0. The fraction of sp³-hybridized carbons (Fsp3) is 0.462. The van der Waals surface area contributed by atoms with Gasteiger partial charge in [0.2, 0.25) is 0 Å². The third kappa shape index (κ3) is 3.65. The molecule has 1 aromatic carbocycles. The number of carbonyl (C=O) groups is 1. The van der Waals surface area contributed by atoms with E-state index in [-0.39, 0.29) is 17.6 Å². The van der Waals surface area contributed by atoms with Crippen LogP contribution in [-0.2, 0) is 0 Å². The highest BCUT2D eigenvalue weighted by Crippen LogP contribution is 2.25. The number of amides is 1. The number of rotatable bonds is 3. The maximum absolute atomic E-state index is 12.1. The average Bonchev–Trinajstić information content (AvgIpc) is 2.41. The van der Waals surface area contributed by atoms with Crippen LogP contribution in [0.5, 0.6) is 0 Å². The fourth-order valence-corrected chi connectivity index (χ4v) is 3.21. The van der Waals surface area contributed by atoms with Crippen LogP contribution in [0.15, 0.2) is 24.3 Å². The largest absolute Gasteiger partial charge is 0.348 e. The number of nitrogens with one attached hydrogen (secondary N) is 1. The summed E-state index contributed by atoms with van der Waals surface area (Å²) >= 11 is 2.38. The molecular formula is C13H15IN2O3. The Kier molecular flexibility index (Phi) is 4.73. The molecule has 5 nitrogen and oxygen atoms in total. The van der Waals surface area contributed by atoms with Crippen LogP contribution >= 0.6 is 22.6 Å². The average molecular weight is 374 g/mol. The van der Waals surface area contributed by atoms with E-state index in [4.69, 9.17) is 0 Å². The smallest absolute Gasteiger partial charge is 0.269 e. The predicted molar refractivity (Wildman–Crippen MR) is 80.6 cm³/mol. The highest BCUT2D eigenvalue weighted by molar-refractivity contribution is 14.1. The van der Waals surface area contributed by atoms with Crippen LogP contribution in [0.4, 0.5) is 5.69 Å². The van der Waals surface area contributed by atoms with Crippen LogP contribution < -0.4 is 5.32 Å². The maximum atomic E-state index is 12.1. The predicted octanol–water partition coefficient (Wildman–Crippen LogP) is 3.07. The summed E-state index contributed by atoms with van der Waals surface area (Å²) in [5.41, 5.74) is 0.473. The number of carbonyl (C=O) groups excluding carboxylic acids is 1. The van der Waals surface area contributed by atoms with Crippen molar-refractivity contribution in [3.8, 4) is 0 Å². The Bertz CT molecular complexity index is 475. The second kappa shape index (κ2) is 6.31. The van der Waals surface area contributed by atoms with Crippen LogP contribution in [0.2, 0.25) is 0 Å². The number of alkyl halides is 1. The summed E-state index contributed by atoms with van der Waals surface area (Å²) in [7, 11) is 0. The maximum Gasteiger partial charge on any atom is 0.269 e. The minimum Gasteiger partial charge on any atom is -0.348 e. The van der Waals surface area contributed by atoms with E-state index in [2.05, 4.69) is 27.9 Å². The molecule has 1 fully saturated rings. The number of halogens is 1. The van der Waals surface area contributed by atoms with E-state index in [1.807, 2.05) is 0 Å². The molecule has 2 atom stereocenters. The number of benzene rings is 1. The summed E-state index contributed by atoms with van der Waals surface area (Å²) < 4.78 is 0.466. The van der Waals surface area contributed by atoms with Gasteiger partial charge in [-0.25, -0.2) is 0 Å². The molecule has 0 saturated heterocycles. The van der Waals surface area contributed by atoms with E-state index in [1.54, 1.807) is 0 Å². The van der Waals surface area contributed by atoms with Gasteiger partial charge in [0.05, 0.1) is 4.92 Å². The molecule has 0 heterocycles. The van der Waals surface area contributed by atoms with Crippen molar-refractivity contribution >= 4 is 34.2 Å². The van der Waals surface area contributed by atoms with Crippen LogP contribution in [-0.4, -0.2) is 20.8 Å². The summed E-state index contributed by atoms with van der Waals surface area (Å²) in [6, 6.07) is 5.92. The third-order valence-corrected chi connectivity index (χ3v) is 4.83. The molecule has 0 bridgehead atoms. The Labute approximate surface area is 125 Å². The number of nitrogens with zero attached hydrogens (tertiary/aromatic N) is 1. The second-order valence-corrected chi connectivity index (χ2v) is 6.28. The van der Waals surface area contributed by atoms with Crippen molar-refractivity contribution in [3.63, 3.8) is 0 Å². The molecule has 1 aromatic rings. The third-order valence-electron chi connectivity index (χ3n) is 3.34. The molecule has 0 radical (unpaired) electrons. The van der Waals surface area contributed by atoms with E-state index in [0.717, 1.165) is 19.3 Å². The van der Waals surface area contributed by atoms with Gasteiger partial charge in [0.1, 0.15) is 0 Å². The van der Waals surface area contributed by atoms with Gasteiger partial charge in [-0.15, -0.1) is 0 Å². The number of non-ortho nitro benzene ring substituents is 1. The van der Waals surface area contributed by atoms with Crippen molar-refractivity contribution in [3.05, 3.63) is 39.9 Å². The first-order valence-corrected chi connectivity index (χ1v) is 7.52. The summed E-state index contributed by atoms with van der Waals surface area (Å²) in [4.78, 5) is 22.1. The van der Waals surface area contributed by atoms with E-state index in [1.165, 1.54) is 30.7 Å². The SMILES string of the molecule is O=C(N[C@@H]1CCCC[C@H]1I)c1ccc([N+](=O)[O-])cc1. The first-order valence-electron chi connectivity index (χ1n) is 6.27. The molecule has 102 valence electrons. The quantitative estimate of drug-likeness (QED) is 0.383. The lowest BCUT2D eigenvalue weighted by Gasteiger charge is -2.28. The molecule has 0 aromatic heterocycles.